The molecule has 2 aromatic carbocycles. The van der Waals surface area contributed by atoms with Crippen LogP contribution in [-0.4, -0.2) is 23.6 Å². The van der Waals surface area contributed by atoms with E-state index < -0.39 is 24.3 Å². The summed E-state index contributed by atoms with van der Waals surface area (Å²) in [4.78, 5) is 23.6. The standard InChI is InChI=1S/C19H15FN2O4/c1-12-5-7-13(8-6-12)16-10-18(26-22-16)21-17(23)11-25-19(24)14-3-2-4-15(20)9-14/h2-10H,11H2,1H3,(H,21,23). The molecular formula is C19H15FN2O4. The maximum Gasteiger partial charge on any atom is 0.338 e. The van der Waals surface area contributed by atoms with Crippen LogP contribution in [0.3, 0.4) is 0 Å². The highest BCUT2D eigenvalue weighted by Crippen LogP contribution is 2.22. The molecule has 0 aliphatic heterocycles. The minimum absolute atomic E-state index is 0.0270. The summed E-state index contributed by atoms with van der Waals surface area (Å²) >= 11 is 0. The second kappa shape index (κ2) is 7.60. The number of nitrogens with one attached hydrogen (secondary N) is 1. The van der Waals surface area contributed by atoms with Gasteiger partial charge in [0.05, 0.1) is 5.56 Å². The predicted molar refractivity (Wildman–Crippen MR) is 92.0 cm³/mol. The van der Waals surface area contributed by atoms with Crippen LogP contribution in [0.5, 0.6) is 0 Å². The number of anilines is 1. The fourth-order valence-corrected chi connectivity index (χ4v) is 2.20. The Morgan fingerprint density at radius 3 is 2.65 bits per heavy atom. The topological polar surface area (TPSA) is 81.4 Å². The number of benzene rings is 2. The van der Waals surface area contributed by atoms with Gasteiger partial charge in [-0.25, -0.2) is 9.18 Å². The quantitative estimate of drug-likeness (QED) is 0.708. The summed E-state index contributed by atoms with van der Waals surface area (Å²) in [5.41, 5.74) is 2.56. The number of hydrogen-bond donors (Lipinski definition) is 1. The third-order valence-corrected chi connectivity index (χ3v) is 3.51. The number of esters is 1. The molecule has 6 nitrogen and oxygen atoms in total. The van der Waals surface area contributed by atoms with Crippen LogP contribution >= 0.6 is 0 Å². The molecule has 0 radical (unpaired) electrons. The molecule has 0 aliphatic carbocycles. The van der Waals surface area contributed by atoms with Gasteiger partial charge in [0.15, 0.2) is 6.61 Å². The Kier molecular flexibility index (Phi) is 5.07. The average Bonchev–Trinajstić information content (AvgIpc) is 3.08. The zero-order valence-electron chi connectivity index (χ0n) is 13.9. The molecule has 0 aliphatic rings. The summed E-state index contributed by atoms with van der Waals surface area (Å²) in [6.07, 6.45) is 0. The lowest BCUT2D eigenvalue weighted by molar-refractivity contribution is -0.119. The lowest BCUT2D eigenvalue weighted by atomic mass is 10.1. The maximum atomic E-state index is 13.1. The van der Waals surface area contributed by atoms with Crippen molar-refractivity contribution in [2.24, 2.45) is 0 Å². The highest BCUT2D eigenvalue weighted by atomic mass is 19.1. The van der Waals surface area contributed by atoms with Crippen molar-refractivity contribution >= 4 is 17.8 Å². The fraction of sp³-hybridized carbons (Fsp3) is 0.105. The van der Waals surface area contributed by atoms with Crippen LogP contribution in [0.25, 0.3) is 11.3 Å². The lowest BCUT2D eigenvalue weighted by Gasteiger charge is -2.04. The first kappa shape index (κ1) is 17.3. The number of ether oxygens (including phenoxy) is 1. The number of rotatable bonds is 5. The molecule has 0 unspecified atom stereocenters. The molecule has 7 heteroatoms. The number of aryl methyl sites for hydroxylation is 1. The second-order valence-electron chi connectivity index (χ2n) is 5.58. The summed E-state index contributed by atoms with van der Waals surface area (Å²) in [7, 11) is 0. The molecule has 3 aromatic rings. The SMILES string of the molecule is Cc1ccc(-c2cc(NC(=O)COC(=O)c3cccc(F)c3)on2)cc1. The second-order valence-corrected chi connectivity index (χ2v) is 5.58. The molecule has 3 rings (SSSR count). The number of amides is 1. The molecule has 1 aromatic heterocycles. The van der Waals surface area contributed by atoms with Gasteiger partial charge >= 0.3 is 5.97 Å². The van der Waals surface area contributed by atoms with Gasteiger partial charge in [-0.3, -0.25) is 10.1 Å². The van der Waals surface area contributed by atoms with Crippen LogP contribution in [0.15, 0.2) is 59.1 Å². The molecule has 0 fully saturated rings. The molecule has 0 bridgehead atoms. The van der Waals surface area contributed by atoms with Crippen molar-refractivity contribution in [3.8, 4) is 11.3 Å². The van der Waals surface area contributed by atoms with Gasteiger partial charge in [0.25, 0.3) is 5.91 Å². The van der Waals surface area contributed by atoms with E-state index >= 15 is 0 Å². The zero-order chi connectivity index (χ0) is 18.5. The van der Waals surface area contributed by atoms with Crippen molar-refractivity contribution in [2.45, 2.75) is 6.92 Å². The first-order valence-corrected chi connectivity index (χ1v) is 7.77. The van der Waals surface area contributed by atoms with E-state index in [-0.39, 0.29) is 11.4 Å². The maximum absolute atomic E-state index is 13.1. The van der Waals surface area contributed by atoms with Crippen LogP contribution in [0.4, 0.5) is 10.3 Å². The third-order valence-electron chi connectivity index (χ3n) is 3.51. The van der Waals surface area contributed by atoms with Crippen molar-refractivity contribution in [3.63, 3.8) is 0 Å². The molecule has 0 atom stereocenters. The Balaban J connectivity index is 1.55. The monoisotopic (exact) mass is 354 g/mol. The first-order valence-electron chi connectivity index (χ1n) is 7.77. The Hall–Kier alpha value is -3.48. The molecule has 1 N–H and O–H groups in total. The van der Waals surface area contributed by atoms with Gasteiger partial charge in [-0.15, -0.1) is 0 Å². The summed E-state index contributed by atoms with van der Waals surface area (Å²) in [6, 6.07) is 14.2. The highest BCUT2D eigenvalue weighted by molar-refractivity contribution is 5.95. The minimum Gasteiger partial charge on any atom is -0.452 e. The summed E-state index contributed by atoms with van der Waals surface area (Å²) < 4.78 is 23.0. The van der Waals surface area contributed by atoms with Gasteiger partial charge in [-0.2, -0.15) is 0 Å². The van der Waals surface area contributed by atoms with E-state index in [4.69, 9.17) is 9.26 Å². The zero-order valence-corrected chi connectivity index (χ0v) is 13.9. The van der Waals surface area contributed by atoms with Crippen molar-refractivity contribution in [1.29, 1.82) is 0 Å². The van der Waals surface area contributed by atoms with Gasteiger partial charge in [0.1, 0.15) is 11.5 Å². The number of aromatic nitrogens is 1. The van der Waals surface area contributed by atoms with Crippen molar-refractivity contribution < 1.29 is 23.2 Å². The highest BCUT2D eigenvalue weighted by Gasteiger charge is 2.13. The summed E-state index contributed by atoms with van der Waals surface area (Å²) in [5.74, 6) is -1.82. The summed E-state index contributed by atoms with van der Waals surface area (Å²) in [6.45, 7) is 1.44. The number of carbonyl (C=O) groups is 2. The molecular weight excluding hydrogens is 339 g/mol. The van der Waals surface area contributed by atoms with Crippen LogP contribution in [0, 0.1) is 12.7 Å². The van der Waals surface area contributed by atoms with Crippen molar-refractivity contribution in [3.05, 3.63) is 71.5 Å². The smallest absolute Gasteiger partial charge is 0.338 e. The van der Waals surface area contributed by atoms with Gasteiger partial charge in [0, 0.05) is 11.6 Å². The molecule has 0 spiro atoms. The van der Waals surface area contributed by atoms with E-state index in [2.05, 4.69) is 10.5 Å². The van der Waals surface area contributed by atoms with Crippen molar-refractivity contribution in [2.75, 3.05) is 11.9 Å². The molecule has 1 heterocycles. The van der Waals surface area contributed by atoms with Crippen LogP contribution < -0.4 is 5.32 Å². The number of nitrogens with zero attached hydrogens (tertiary/aromatic N) is 1. The van der Waals surface area contributed by atoms with E-state index in [0.717, 1.165) is 17.2 Å². The largest absolute Gasteiger partial charge is 0.452 e. The van der Waals surface area contributed by atoms with E-state index in [0.29, 0.717) is 5.69 Å². The van der Waals surface area contributed by atoms with Gasteiger partial charge < -0.3 is 9.26 Å². The molecule has 132 valence electrons. The van der Waals surface area contributed by atoms with Gasteiger partial charge in [-0.1, -0.05) is 41.1 Å². The van der Waals surface area contributed by atoms with Gasteiger partial charge in [0.2, 0.25) is 5.88 Å². The average molecular weight is 354 g/mol. The van der Waals surface area contributed by atoms with E-state index in [1.54, 1.807) is 6.07 Å². The van der Waals surface area contributed by atoms with E-state index in [1.807, 2.05) is 31.2 Å². The Bertz CT molecular complexity index is 935. The van der Waals surface area contributed by atoms with E-state index in [1.165, 1.54) is 18.2 Å². The third kappa shape index (κ3) is 4.32. The normalized spacial score (nSPS) is 10.4. The lowest BCUT2D eigenvalue weighted by Crippen LogP contribution is -2.20. The number of hydrogen-bond acceptors (Lipinski definition) is 5. The molecule has 0 saturated heterocycles. The van der Waals surface area contributed by atoms with Crippen LogP contribution in [-0.2, 0) is 9.53 Å². The number of halogens is 1. The molecule has 0 saturated carbocycles. The predicted octanol–water partition coefficient (Wildman–Crippen LogP) is 3.58. The Morgan fingerprint density at radius 2 is 1.92 bits per heavy atom. The minimum atomic E-state index is -0.794. The van der Waals surface area contributed by atoms with Crippen molar-refractivity contribution in [1.82, 2.24) is 5.16 Å². The van der Waals surface area contributed by atoms with E-state index in [9.17, 15) is 14.0 Å². The Morgan fingerprint density at radius 1 is 1.15 bits per heavy atom. The number of carbonyl (C=O) groups excluding carboxylic acids is 2. The Labute approximate surface area is 148 Å². The molecule has 1 amide bonds. The van der Waals surface area contributed by atoms with Gasteiger partial charge in [-0.05, 0) is 25.1 Å². The first-order chi connectivity index (χ1) is 12.5. The van der Waals surface area contributed by atoms with Crippen LogP contribution in [0.1, 0.15) is 15.9 Å². The molecule has 26 heavy (non-hydrogen) atoms. The summed E-state index contributed by atoms with van der Waals surface area (Å²) in [5, 5.41) is 6.32. The fourth-order valence-electron chi connectivity index (χ4n) is 2.20. The van der Waals surface area contributed by atoms with Crippen LogP contribution in [0.2, 0.25) is 0 Å².